The number of ketones is 1. The number of rotatable bonds is 4. The van der Waals surface area contributed by atoms with Crippen LogP contribution in [0.2, 0.25) is 0 Å². The van der Waals surface area contributed by atoms with Crippen molar-refractivity contribution in [3.05, 3.63) is 38.7 Å². The van der Waals surface area contributed by atoms with Gasteiger partial charge in [0.1, 0.15) is 5.75 Å². The Bertz CT molecular complexity index is 443. The Kier molecular flexibility index (Phi) is 3.18. The lowest BCUT2D eigenvalue weighted by molar-refractivity contribution is 0.0997. The minimum atomic E-state index is 0.158. The summed E-state index contributed by atoms with van der Waals surface area (Å²) >= 11 is 3.05. The summed E-state index contributed by atoms with van der Waals surface area (Å²) in [6, 6.07) is 5.73. The van der Waals surface area contributed by atoms with Crippen LogP contribution in [0.25, 0.3) is 0 Å². The van der Waals surface area contributed by atoms with E-state index in [2.05, 4.69) is 0 Å². The highest BCUT2D eigenvalue weighted by Gasteiger charge is 2.10. The van der Waals surface area contributed by atoms with Gasteiger partial charge in [-0.25, -0.2) is 0 Å². The number of thiophene rings is 2. The van der Waals surface area contributed by atoms with E-state index in [-0.39, 0.29) is 5.78 Å². The summed E-state index contributed by atoms with van der Waals surface area (Å²) in [4.78, 5) is 13.7. The fraction of sp³-hybridized carbons (Fsp3) is 0.182. The van der Waals surface area contributed by atoms with Gasteiger partial charge in [-0.2, -0.15) is 0 Å². The van der Waals surface area contributed by atoms with Gasteiger partial charge < -0.3 is 4.74 Å². The summed E-state index contributed by atoms with van der Waals surface area (Å²) in [6.07, 6.45) is 0.487. The molecule has 2 rings (SSSR count). The van der Waals surface area contributed by atoms with Gasteiger partial charge in [0.2, 0.25) is 0 Å². The van der Waals surface area contributed by atoms with Gasteiger partial charge in [-0.15, -0.1) is 22.7 Å². The molecule has 2 aromatic heterocycles. The highest BCUT2D eigenvalue weighted by Crippen LogP contribution is 2.23. The summed E-state index contributed by atoms with van der Waals surface area (Å²) in [5, 5.41) is 3.83. The number of carbonyl (C=O) groups excluding carboxylic acids is 1. The van der Waals surface area contributed by atoms with Crippen LogP contribution in [0.4, 0.5) is 0 Å². The maximum atomic E-state index is 11.8. The molecule has 2 heterocycles. The van der Waals surface area contributed by atoms with E-state index in [1.54, 1.807) is 24.5 Å². The van der Waals surface area contributed by atoms with Crippen molar-refractivity contribution >= 4 is 28.5 Å². The number of carbonyl (C=O) groups is 1. The first kappa shape index (κ1) is 10.4. The number of methoxy groups -OCH3 is 1. The summed E-state index contributed by atoms with van der Waals surface area (Å²) in [5.41, 5.74) is 0. The maximum Gasteiger partial charge on any atom is 0.178 e. The van der Waals surface area contributed by atoms with Crippen molar-refractivity contribution < 1.29 is 9.53 Å². The van der Waals surface area contributed by atoms with Crippen LogP contribution in [0.3, 0.4) is 0 Å². The van der Waals surface area contributed by atoms with Gasteiger partial charge in [-0.05, 0) is 11.4 Å². The van der Waals surface area contributed by atoms with Crippen LogP contribution in [0.15, 0.2) is 29.0 Å². The largest absolute Gasteiger partial charge is 0.496 e. The highest BCUT2D eigenvalue weighted by molar-refractivity contribution is 7.12. The minimum absolute atomic E-state index is 0.158. The molecule has 0 aliphatic heterocycles. The molecular weight excluding hydrogens is 228 g/mol. The molecule has 0 saturated heterocycles. The summed E-state index contributed by atoms with van der Waals surface area (Å²) < 4.78 is 5.04. The molecule has 0 aromatic carbocycles. The molecule has 0 radical (unpaired) electrons. The average molecular weight is 238 g/mol. The van der Waals surface area contributed by atoms with Gasteiger partial charge in [0.25, 0.3) is 0 Å². The molecule has 0 bridgehead atoms. The van der Waals surface area contributed by atoms with Crippen LogP contribution in [-0.2, 0) is 6.42 Å². The van der Waals surface area contributed by atoms with Gasteiger partial charge in [0, 0.05) is 22.7 Å². The molecule has 0 aliphatic carbocycles. The van der Waals surface area contributed by atoms with Crippen LogP contribution in [0, 0.1) is 0 Å². The molecule has 0 amide bonds. The van der Waals surface area contributed by atoms with E-state index in [4.69, 9.17) is 4.74 Å². The molecule has 2 aromatic rings. The first-order valence-electron chi connectivity index (χ1n) is 4.47. The van der Waals surface area contributed by atoms with Crippen LogP contribution in [0.1, 0.15) is 14.5 Å². The Morgan fingerprint density at radius 3 is 2.93 bits per heavy atom. The third-order valence-electron chi connectivity index (χ3n) is 2.00. The van der Waals surface area contributed by atoms with Crippen molar-refractivity contribution in [2.45, 2.75) is 6.42 Å². The van der Waals surface area contributed by atoms with Gasteiger partial charge in [0.05, 0.1) is 12.0 Å². The highest BCUT2D eigenvalue weighted by atomic mass is 32.1. The predicted octanol–water partition coefficient (Wildman–Crippen LogP) is 3.24. The zero-order valence-electron chi connectivity index (χ0n) is 8.23. The summed E-state index contributed by atoms with van der Waals surface area (Å²) in [5.74, 6) is 0.917. The SMILES string of the molecule is COc1csc(C(=O)Cc2cccs2)c1. The van der Waals surface area contributed by atoms with E-state index < -0.39 is 0 Å². The molecule has 0 spiro atoms. The third-order valence-corrected chi connectivity index (χ3v) is 3.83. The Morgan fingerprint density at radius 2 is 2.33 bits per heavy atom. The van der Waals surface area contributed by atoms with Crippen LogP contribution >= 0.6 is 22.7 Å². The fourth-order valence-electron chi connectivity index (χ4n) is 1.23. The standard InChI is InChI=1S/C11H10O2S2/c1-13-8-5-11(15-7-8)10(12)6-9-3-2-4-14-9/h2-5,7H,6H2,1H3. The first-order chi connectivity index (χ1) is 7.29. The lowest BCUT2D eigenvalue weighted by atomic mass is 10.2. The molecule has 4 heteroatoms. The van der Waals surface area contributed by atoms with Crippen molar-refractivity contribution in [2.24, 2.45) is 0 Å². The number of hydrogen-bond donors (Lipinski definition) is 0. The Labute approximate surface area is 96.1 Å². The van der Waals surface area contributed by atoms with E-state index >= 15 is 0 Å². The topological polar surface area (TPSA) is 26.3 Å². The second-order valence-corrected chi connectivity index (χ2v) is 4.97. The molecule has 0 aliphatic rings. The van der Waals surface area contributed by atoms with Gasteiger partial charge >= 0.3 is 0 Å². The van der Waals surface area contributed by atoms with E-state index in [1.165, 1.54) is 11.3 Å². The zero-order chi connectivity index (χ0) is 10.7. The number of hydrogen-bond acceptors (Lipinski definition) is 4. The quantitative estimate of drug-likeness (QED) is 0.764. The van der Waals surface area contributed by atoms with E-state index in [1.807, 2.05) is 22.9 Å². The Balaban J connectivity index is 2.08. The predicted molar refractivity (Wildman–Crippen MR) is 63.2 cm³/mol. The maximum absolute atomic E-state index is 11.8. The lowest BCUT2D eigenvalue weighted by Crippen LogP contribution is -1.98. The van der Waals surface area contributed by atoms with E-state index in [0.29, 0.717) is 6.42 Å². The minimum Gasteiger partial charge on any atom is -0.496 e. The Morgan fingerprint density at radius 1 is 1.47 bits per heavy atom. The normalized spacial score (nSPS) is 10.2. The zero-order valence-corrected chi connectivity index (χ0v) is 9.86. The molecular formula is C11H10O2S2. The molecule has 0 atom stereocenters. The van der Waals surface area contributed by atoms with Crippen LogP contribution in [0.5, 0.6) is 5.75 Å². The average Bonchev–Trinajstić information content (AvgIpc) is 2.86. The van der Waals surface area contributed by atoms with E-state index in [0.717, 1.165) is 15.5 Å². The Hall–Kier alpha value is -1.13. The molecule has 0 fully saturated rings. The summed E-state index contributed by atoms with van der Waals surface area (Å²) in [7, 11) is 1.61. The fourth-order valence-corrected chi connectivity index (χ4v) is 2.73. The van der Waals surface area contributed by atoms with Crippen molar-refractivity contribution in [3.8, 4) is 5.75 Å². The van der Waals surface area contributed by atoms with Gasteiger partial charge in [-0.1, -0.05) is 6.07 Å². The molecule has 0 unspecified atom stereocenters. The van der Waals surface area contributed by atoms with E-state index in [9.17, 15) is 4.79 Å². The smallest absolute Gasteiger partial charge is 0.178 e. The van der Waals surface area contributed by atoms with Gasteiger partial charge in [-0.3, -0.25) is 4.79 Å². The number of ether oxygens (including phenoxy) is 1. The van der Waals surface area contributed by atoms with Gasteiger partial charge in [0.15, 0.2) is 5.78 Å². The van der Waals surface area contributed by atoms with Crippen molar-refractivity contribution in [2.75, 3.05) is 7.11 Å². The first-order valence-corrected chi connectivity index (χ1v) is 6.23. The number of Topliss-reactive ketones (excluding diaryl/α,β-unsaturated/α-hetero) is 1. The molecule has 15 heavy (non-hydrogen) atoms. The second-order valence-electron chi connectivity index (χ2n) is 3.03. The lowest BCUT2D eigenvalue weighted by Gasteiger charge is -1.94. The van der Waals surface area contributed by atoms with Crippen LogP contribution in [-0.4, -0.2) is 12.9 Å². The van der Waals surface area contributed by atoms with Crippen molar-refractivity contribution in [1.82, 2.24) is 0 Å². The van der Waals surface area contributed by atoms with Crippen molar-refractivity contribution in [1.29, 1.82) is 0 Å². The second kappa shape index (κ2) is 4.59. The van der Waals surface area contributed by atoms with Crippen LogP contribution < -0.4 is 4.74 Å². The monoisotopic (exact) mass is 238 g/mol. The van der Waals surface area contributed by atoms with Crippen molar-refractivity contribution in [3.63, 3.8) is 0 Å². The molecule has 2 nitrogen and oxygen atoms in total. The molecule has 0 N–H and O–H groups in total. The third kappa shape index (κ3) is 2.46. The molecule has 78 valence electrons. The summed E-state index contributed by atoms with van der Waals surface area (Å²) in [6.45, 7) is 0. The molecule has 0 saturated carbocycles.